The van der Waals surface area contributed by atoms with Gasteiger partial charge in [0, 0.05) is 0 Å². The number of hydrogen-bond donors (Lipinski definition) is 1. The zero-order valence-electron chi connectivity index (χ0n) is 2.72. The first-order valence-corrected chi connectivity index (χ1v) is 1.24. The summed E-state index contributed by atoms with van der Waals surface area (Å²) >= 11 is 0. The van der Waals surface area contributed by atoms with Gasteiger partial charge in [0.1, 0.15) is 6.29 Å². The van der Waals surface area contributed by atoms with Crippen LogP contribution in [-0.4, -0.2) is 6.29 Å². The second-order valence-corrected chi connectivity index (χ2v) is 0.521. The van der Waals surface area contributed by atoms with Gasteiger partial charge in [-0.15, -0.1) is 0 Å². The van der Waals surface area contributed by atoms with Crippen molar-refractivity contribution in [2.24, 2.45) is 5.73 Å². The fourth-order valence-electron chi connectivity index (χ4n) is 0.0454. The van der Waals surface area contributed by atoms with Gasteiger partial charge in [0.2, 0.25) is 0 Å². The van der Waals surface area contributed by atoms with Crippen LogP contribution in [0, 0.1) is 0 Å². The van der Waals surface area contributed by atoms with Crippen LogP contribution in [0.5, 0.6) is 0 Å². The van der Waals surface area contributed by atoms with Crippen LogP contribution in [0.25, 0.3) is 0 Å². The van der Waals surface area contributed by atoms with E-state index in [1.54, 1.807) is 0 Å². The molecule has 0 heterocycles. The molecule has 2 nitrogen and oxygen atoms in total. The minimum absolute atomic E-state index is 0.625. The topological polar surface area (TPSA) is 43.1 Å². The summed E-state index contributed by atoms with van der Waals surface area (Å²) in [6.45, 7) is 0. The Bertz CT molecular complexity index is 48.9. The first-order chi connectivity index (χ1) is 2.41. The molecule has 0 bridgehead atoms. The van der Waals surface area contributed by atoms with E-state index in [4.69, 9.17) is 5.73 Å². The molecule has 0 spiro atoms. The van der Waals surface area contributed by atoms with Crippen LogP contribution in [0.15, 0.2) is 12.3 Å². The van der Waals surface area contributed by atoms with Gasteiger partial charge in [-0.3, -0.25) is 4.79 Å². The molecule has 0 aliphatic rings. The van der Waals surface area contributed by atoms with Crippen LogP contribution in [0.4, 0.5) is 0 Å². The Morgan fingerprint density at radius 1 is 1.60 bits per heavy atom. The third kappa shape index (κ3) is 3.21. The summed E-state index contributed by atoms with van der Waals surface area (Å²) in [5.41, 5.74) is 4.73. The highest BCUT2D eigenvalue weighted by molar-refractivity contribution is 5.64. The smallest absolute Gasteiger partial charge is 0.144 e. The molecule has 0 unspecified atom stereocenters. The van der Waals surface area contributed by atoms with E-state index in [0.29, 0.717) is 6.29 Å². The fourth-order valence-corrected chi connectivity index (χ4v) is 0.0454. The zero-order chi connectivity index (χ0) is 4.12. The Labute approximate surface area is 30.3 Å². The Morgan fingerprint density at radius 3 is 2.20 bits per heavy atom. The maximum absolute atomic E-state index is 9.24. The summed E-state index contributed by atoms with van der Waals surface area (Å²) in [6, 6.07) is 0. The molecule has 0 aromatic heterocycles. The number of allylic oxidation sites excluding steroid dienone is 1. The van der Waals surface area contributed by atoms with Gasteiger partial charge >= 0.3 is 0 Å². The largest absolute Gasteiger partial charge is 0.405 e. The summed E-state index contributed by atoms with van der Waals surface area (Å²) in [4.78, 5) is 9.24. The van der Waals surface area contributed by atoms with Gasteiger partial charge in [-0.2, -0.15) is 0 Å². The Hall–Kier alpha value is -0.790. The highest BCUT2D eigenvalue weighted by atomic mass is 16.1. The summed E-state index contributed by atoms with van der Waals surface area (Å²) < 4.78 is 0. The predicted molar refractivity (Wildman–Crippen MR) is 19.4 cm³/mol. The predicted octanol–water partition coefficient (Wildman–Crippen LogP) is -0.342. The molecular formula is C3H5NO. The molecule has 0 amide bonds. The van der Waals surface area contributed by atoms with Crippen molar-refractivity contribution in [3.05, 3.63) is 12.3 Å². The molecule has 0 rings (SSSR count). The van der Waals surface area contributed by atoms with E-state index in [-0.39, 0.29) is 0 Å². The number of hydrogen-bond acceptors (Lipinski definition) is 2. The Morgan fingerprint density at radius 2 is 2.20 bits per heavy atom. The van der Waals surface area contributed by atoms with Gasteiger partial charge in [0.15, 0.2) is 0 Å². The quantitative estimate of drug-likeness (QED) is 0.339. The Kier molecular flexibility index (Phi) is 2.70. The van der Waals surface area contributed by atoms with Gasteiger partial charge in [0.25, 0.3) is 0 Å². The molecule has 0 aromatic carbocycles. The number of rotatable bonds is 1. The molecule has 2 N–H and O–H groups in total. The van der Waals surface area contributed by atoms with Crippen molar-refractivity contribution in [3.63, 3.8) is 0 Å². The molecule has 0 radical (unpaired) electrons. The molecule has 0 aliphatic carbocycles. The molecule has 0 atom stereocenters. The van der Waals surface area contributed by atoms with Crippen molar-refractivity contribution in [1.82, 2.24) is 0 Å². The van der Waals surface area contributed by atoms with Gasteiger partial charge in [-0.05, 0) is 12.3 Å². The van der Waals surface area contributed by atoms with E-state index in [0.717, 1.165) is 0 Å². The van der Waals surface area contributed by atoms with Crippen LogP contribution in [0.1, 0.15) is 0 Å². The van der Waals surface area contributed by atoms with Gasteiger partial charge < -0.3 is 5.73 Å². The van der Waals surface area contributed by atoms with Crippen molar-refractivity contribution in [2.45, 2.75) is 0 Å². The second kappa shape index (κ2) is 3.21. The van der Waals surface area contributed by atoms with Crippen LogP contribution in [-0.2, 0) is 4.79 Å². The minimum Gasteiger partial charge on any atom is -0.405 e. The van der Waals surface area contributed by atoms with Gasteiger partial charge in [0.05, 0.1) is 0 Å². The maximum atomic E-state index is 9.24. The lowest BCUT2D eigenvalue weighted by atomic mass is 10.7. The molecule has 0 aliphatic heterocycles. The zero-order valence-corrected chi connectivity index (χ0v) is 2.72. The van der Waals surface area contributed by atoms with Crippen molar-refractivity contribution >= 4 is 6.29 Å². The summed E-state index contributed by atoms with van der Waals surface area (Å²) in [5.74, 6) is 0. The van der Waals surface area contributed by atoms with Crippen LogP contribution >= 0.6 is 0 Å². The average molecular weight is 71.1 g/mol. The summed E-state index contributed by atoms with van der Waals surface area (Å²) in [7, 11) is 0. The second-order valence-electron chi connectivity index (χ2n) is 0.521. The summed E-state index contributed by atoms with van der Waals surface area (Å²) in [5, 5.41) is 0. The summed E-state index contributed by atoms with van der Waals surface area (Å²) in [6.07, 6.45) is 3.03. The standard InChI is InChI=1S/C3H5NO/c4-2-1-3-5/h1-3H,4H2. The van der Waals surface area contributed by atoms with E-state index >= 15 is 0 Å². The maximum Gasteiger partial charge on any atom is 0.144 e. The monoisotopic (exact) mass is 71.0 g/mol. The van der Waals surface area contributed by atoms with Crippen molar-refractivity contribution in [1.29, 1.82) is 0 Å². The third-order valence-electron chi connectivity index (χ3n) is 0.190. The molecule has 0 aromatic rings. The third-order valence-corrected chi connectivity index (χ3v) is 0.190. The van der Waals surface area contributed by atoms with E-state index < -0.39 is 0 Å². The lowest BCUT2D eigenvalue weighted by molar-refractivity contribution is -0.104. The number of aldehydes is 1. The van der Waals surface area contributed by atoms with E-state index in [2.05, 4.69) is 0 Å². The van der Waals surface area contributed by atoms with Gasteiger partial charge in [-0.1, -0.05) is 0 Å². The minimum atomic E-state index is 0.625. The van der Waals surface area contributed by atoms with Crippen molar-refractivity contribution in [3.8, 4) is 0 Å². The molecule has 0 fully saturated rings. The van der Waals surface area contributed by atoms with E-state index in [1.165, 1.54) is 12.3 Å². The number of carbonyl (C=O) groups excluding carboxylic acids is 1. The lowest BCUT2D eigenvalue weighted by Crippen LogP contribution is -1.73. The van der Waals surface area contributed by atoms with Crippen molar-refractivity contribution in [2.75, 3.05) is 0 Å². The molecule has 0 saturated heterocycles. The SMILES string of the molecule is NC=CC=O. The molecule has 0 saturated carbocycles. The first kappa shape index (κ1) is 4.21. The number of carbonyl (C=O) groups is 1. The van der Waals surface area contributed by atoms with Crippen molar-refractivity contribution < 1.29 is 4.79 Å². The Balaban J connectivity index is 2.92. The van der Waals surface area contributed by atoms with Gasteiger partial charge in [-0.25, -0.2) is 0 Å². The van der Waals surface area contributed by atoms with E-state index in [9.17, 15) is 4.79 Å². The highest BCUT2D eigenvalue weighted by Gasteiger charge is 1.48. The molecule has 5 heavy (non-hydrogen) atoms. The van der Waals surface area contributed by atoms with Crippen LogP contribution < -0.4 is 5.73 Å². The van der Waals surface area contributed by atoms with E-state index in [1.807, 2.05) is 0 Å². The van der Waals surface area contributed by atoms with Crippen LogP contribution in [0.3, 0.4) is 0 Å². The number of nitrogens with two attached hydrogens (primary N) is 1. The van der Waals surface area contributed by atoms with Crippen LogP contribution in [0.2, 0.25) is 0 Å². The lowest BCUT2D eigenvalue weighted by Gasteiger charge is -1.54. The normalized spacial score (nSPS) is 8.80. The fraction of sp³-hybridized carbons (Fsp3) is 0. The molecule has 28 valence electrons. The average Bonchev–Trinajstić information content (AvgIpc) is 1.41. The highest BCUT2D eigenvalue weighted by Crippen LogP contribution is 1.44. The molecule has 2 heteroatoms. The molecular weight excluding hydrogens is 66.0 g/mol. The first-order valence-electron chi connectivity index (χ1n) is 1.24.